The second-order valence-corrected chi connectivity index (χ2v) is 9.33. The summed E-state index contributed by atoms with van der Waals surface area (Å²) >= 11 is 6.08. The Bertz CT molecular complexity index is 1350. The van der Waals surface area contributed by atoms with Crippen molar-refractivity contribution in [2.24, 2.45) is 0 Å². The summed E-state index contributed by atoms with van der Waals surface area (Å²) in [4.78, 5) is 24.7. The Balaban J connectivity index is 1.69. The number of nitrogens with zero attached hydrogens (tertiary/aromatic N) is 1. The van der Waals surface area contributed by atoms with E-state index < -0.39 is 28.0 Å². The largest absolute Gasteiger partial charge is 0.449 e. The molecule has 0 aliphatic carbocycles. The molecule has 1 atom stereocenters. The number of sulfonamides is 1. The van der Waals surface area contributed by atoms with Crippen LogP contribution >= 0.6 is 11.6 Å². The minimum Gasteiger partial charge on any atom is -0.449 e. The standard InChI is InChI=1S/C24H20ClN3O5S/c1-16(23(29)28-20-9-5-8-18(12-20)14-26)33-24(30)19-10-11-21(25)22(13-19)34(31,32)27-15-17-6-3-2-4-7-17/h2-13,16,27H,15H2,1H3,(H,28,29). The van der Waals surface area contributed by atoms with Crippen LogP contribution in [0, 0.1) is 11.3 Å². The fourth-order valence-electron chi connectivity index (χ4n) is 2.88. The van der Waals surface area contributed by atoms with Gasteiger partial charge in [-0.15, -0.1) is 0 Å². The van der Waals surface area contributed by atoms with Crippen LogP contribution in [0.15, 0.2) is 77.7 Å². The summed E-state index contributed by atoms with van der Waals surface area (Å²) in [6.45, 7) is 1.41. The lowest BCUT2D eigenvalue weighted by Crippen LogP contribution is -2.30. The van der Waals surface area contributed by atoms with Gasteiger partial charge in [0.15, 0.2) is 6.10 Å². The summed E-state index contributed by atoms with van der Waals surface area (Å²) < 4.78 is 33.1. The molecule has 0 aromatic heterocycles. The predicted molar refractivity (Wildman–Crippen MR) is 127 cm³/mol. The Kier molecular flexibility index (Phi) is 8.02. The van der Waals surface area contributed by atoms with Gasteiger partial charge in [0.05, 0.1) is 22.2 Å². The van der Waals surface area contributed by atoms with E-state index in [-0.39, 0.29) is 22.0 Å². The number of carbonyl (C=O) groups is 2. The van der Waals surface area contributed by atoms with Crippen molar-refractivity contribution in [1.29, 1.82) is 5.26 Å². The first-order valence-corrected chi connectivity index (χ1v) is 11.9. The first-order valence-electron chi connectivity index (χ1n) is 10.0. The maximum absolute atomic E-state index is 12.8. The Morgan fingerprint density at radius 3 is 2.50 bits per heavy atom. The maximum Gasteiger partial charge on any atom is 0.338 e. The molecule has 3 aromatic rings. The molecule has 8 nitrogen and oxygen atoms in total. The Morgan fingerprint density at radius 2 is 1.79 bits per heavy atom. The third kappa shape index (κ3) is 6.42. The van der Waals surface area contributed by atoms with Crippen LogP contribution in [0.3, 0.4) is 0 Å². The number of esters is 1. The number of anilines is 1. The van der Waals surface area contributed by atoms with Crippen LogP contribution in [0.25, 0.3) is 0 Å². The topological polar surface area (TPSA) is 125 Å². The second-order valence-electron chi connectivity index (χ2n) is 7.18. The first-order chi connectivity index (χ1) is 16.2. The van der Waals surface area contributed by atoms with Crippen molar-refractivity contribution in [3.63, 3.8) is 0 Å². The van der Waals surface area contributed by atoms with Crippen LogP contribution in [0.5, 0.6) is 0 Å². The first kappa shape index (κ1) is 24.9. The van der Waals surface area contributed by atoms with Crippen LogP contribution in [0.4, 0.5) is 5.69 Å². The van der Waals surface area contributed by atoms with Crippen molar-refractivity contribution in [1.82, 2.24) is 4.72 Å². The third-order valence-corrected chi connectivity index (χ3v) is 6.56. The maximum atomic E-state index is 12.8. The number of nitriles is 1. The quantitative estimate of drug-likeness (QED) is 0.455. The van der Waals surface area contributed by atoms with Crippen LogP contribution in [0.1, 0.15) is 28.4 Å². The fourth-order valence-corrected chi connectivity index (χ4v) is 4.42. The van der Waals surface area contributed by atoms with Crippen LogP contribution in [-0.4, -0.2) is 26.4 Å². The van der Waals surface area contributed by atoms with Gasteiger partial charge in [-0.05, 0) is 48.9 Å². The van der Waals surface area contributed by atoms with E-state index in [1.807, 2.05) is 12.1 Å². The zero-order valence-corrected chi connectivity index (χ0v) is 19.6. The molecule has 0 bridgehead atoms. The highest BCUT2D eigenvalue weighted by atomic mass is 35.5. The number of hydrogen-bond donors (Lipinski definition) is 2. The highest BCUT2D eigenvalue weighted by Crippen LogP contribution is 2.24. The van der Waals surface area contributed by atoms with Gasteiger partial charge < -0.3 is 10.1 Å². The second kappa shape index (κ2) is 10.9. The van der Waals surface area contributed by atoms with Crippen LogP contribution in [0.2, 0.25) is 5.02 Å². The summed E-state index contributed by atoms with van der Waals surface area (Å²) in [5.41, 5.74) is 1.39. The third-order valence-electron chi connectivity index (χ3n) is 4.68. The molecule has 0 saturated carbocycles. The van der Waals surface area contributed by atoms with Gasteiger partial charge in [-0.2, -0.15) is 5.26 Å². The van der Waals surface area contributed by atoms with E-state index in [2.05, 4.69) is 10.0 Å². The van der Waals surface area contributed by atoms with Gasteiger partial charge in [0.2, 0.25) is 10.0 Å². The smallest absolute Gasteiger partial charge is 0.338 e. The molecule has 1 unspecified atom stereocenters. The van der Waals surface area contributed by atoms with Crippen molar-refractivity contribution in [3.8, 4) is 6.07 Å². The number of nitrogens with one attached hydrogen (secondary N) is 2. The molecule has 10 heteroatoms. The summed E-state index contributed by atoms with van der Waals surface area (Å²) in [6, 6.07) is 20.8. The van der Waals surface area contributed by atoms with Crippen molar-refractivity contribution in [2.75, 3.05) is 5.32 Å². The van der Waals surface area contributed by atoms with Gasteiger partial charge in [0.1, 0.15) is 4.90 Å². The highest BCUT2D eigenvalue weighted by Gasteiger charge is 2.23. The minimum absolute atomic E-state index is 0.0401. The van der Waals surface area contributed by atoms with Gasteiger partial charge in [-0.3, -0.25) is 4.79 Å². The molecule has 0 aliphatic rings. The van der Waals surface area contributed by atoms with E-state index in [1.54, 1.807) is 42.5 Å². The molecule has 0 fully saturated rings. The van der Waals surface area contributed by atoms with E-state index in [0.29, 0.717) is 11.3 Å². The Labute approximate surface area is 202 Å². The number of rotatable bonds is 8. The minimum atomic E-state index is -4.03. The number of amides is 1. The molecule has 3 rings (SSSR count). The molecule has 34 heavy (non-hydrogen) atoms. The van der Waals surface area contributed by atoms with E-state index in [9.17, 15) is 18.0 Å². The van der Waals surface area contributed by atoms with Crippen molar-refractivity contribution >= 4 is 39.2 Å². The zero-order valence-electron chi connectivity index (χ0n) is 18.0. The monoisotopic (exact) mass is 497 g/mol. The highest BCUT2D eigenvalue weighted by molar-refractivity contribution is 7.89. The Morgan fingerprint density at radius 1 is 1.06 bits per heavy atom. The molecule has 3 aromatic carbocycles. The molecule has 0 radical (unpaired) electrons. The molecule has 0 heterocycles. The number of halogens is 1. The van der Waals surface area contributed by atoms with Gasteiger partial charge in [-0.25, -0.2) is 17.9 Å². The zero-order chi connectivity index (χ0) is 24.7. The SMILES string of the molecule is CC(OC(=O)c1ccc(Cl)c(S(=O)(=O)NCc2ccccc2)c1)C(=O)Nc1cccc(C#N)c1. The average Bonchev–Trinajstić information content (AvgIpc) is 2.83. The lowest BCUT2D eigenvalue weighted by Gasteiger charge is -2.14. The summed E-state index contributed by atoms with van der Waals surface area (Å²) in [5, 5.41) is 11.4. The average molecular weight is 498 g/mol. The molecular weight excluding hydrogens is 478 g/mol. The van der Waals surface area contributed by atoms with Crippen LogP contribution in [-0.2, 0) is 26.1 Å². The van der Waals surface area contributed by atoms with Crippen molar-refractivity contribution in [2.45, 2.75) is 24.5 Å². The van der Waals surface area contributed by atoms with E-state index in [1.165, 1.54) is 25.1 Å². The normalized spacial score (nSPS) is 11.8. The molecule has 0 spiro atoms. The molecular formula is C24H20ClN3O5S. The number of benzene rings is 3. The summed E-state index contributed by atoms with van der Waals surface area (Å²) in [5.74, 6) is -1.51. The van der Waals surface area contributed by atoms with E-state index >= 15 is 0 Å². The van der Waals surface area contributed by atoms with Gasteiger partial charge in [-0.1, -0.05) is 48.0 Å². The molecule has 0 saturated heterocycles. The summed E-state index contributed by atoms with van der Waals surface area (Å²) in [6.07, 6.45) is -1.19. The number of carbonyl (C=O) groups excluding carboxylic acids is 2. The molecule has 2 N–H and O–H groups in total. The van der Waals surface area contributed by atoms with Gasteiger partial charge >= 0.3 is 5.97 Å². The predicted octanol–water partition coefficient (Wildman–Crippen LogP) is 3.87. The van der Waals surface area contributed by atoms with Gasteiger partial charge in [0, 0.05) is 12.2 Å². The number of hydrogen-bond acceptors (Lipinski definition) is 6. The Hall–Kier alpha value is -3.71. The number of ether oxygens (including phenoxy) is 1. The van der Waals surface area contributed by atoms with E-state index in [0.717, 1.165) is 11.6 Å². The fraction of sp³-hybridized carbons (Fsp3) is 0.125. The molecule has 0 aliphatic heterocycles. The van der Waals surface area contributed by atoms with E-state index in [4.69, 9.17) is 21.6 Å². The van der Waals surface area contributed by atoms with Crippen molar-refractivity contribution < 1.29 is 22.7 Å². The lowest BCUT2D eigenvalue weighted by atomic mass is 10.2. The molecule has 174 valence electrons. The molecule has 1 amide bonds. The van der Waals surface area contributed by atoms with Crippen LogP contribution < -0.4 is 10.0 Å². The van der Waals surface area contributed by atoms with Crippen molar-refractivity contribution in [3.05, 3.63) is 94.5 Å². The summed E-state index contributed by atoms with van der Waals surface area (Å²) in [7, 11) is -4.03. The van der Waals surface area contributed by atoms with Gasteiger partial charge in [0.25, 0.3) is 5.91 Å². The lowest BCUT2D eigenvalue weighted by molar-refractivity contribution is -0.123.